The Labute approximate surface area is 174 Å². The molecule has 0 saturated carbocycles. The highest BCUT2D eigenvalue weighted by molar-refractivity contribution is 6.30. The van der Waals surface area contributed by atoms with Gasteiger partial charge in [-0.05, 0) is 59.5 Å². The largest absolute Gasteiger partial charge is 0.322 e. The number of halogens is 1. The van der Waals surface area contributed by atoms with Gasteiger partial charge in [0.15, 0.2) is 0 Å². The predicted octanol–water partition coefficient (Wildman–Crippen LogP) is 5.81. The second-order valence-corrected chi connectivity index (χ2v) is 7.30. The average Bonchev–Trinajstić information content (AvgIpc) is 3.24. The summed E-state index contributed by atoms with van der Waals surface area (Å²) in [7, 11) is 0. The van der Waals surface area contributed by atoms with Crippen LogP contribution < -0.4 is 5.32 Å². The van der Waals surface area contributed by atoms with E-state index in [1.54, 1.807) is 12.3 Å². The molecule has 0 fully saturated rings. The van der Waals surface area contributed by atoms with E-state index >= 15 is 0 Å². The number of carbonyl (C=O) groups excluding carboxylic acids is 1. The van der Waals surface area contributed by atoms with Crippen LogP contribution in [0.4, 0.5) is 5.69 Å². The number of benzene rings is 3. The summed E-state index contributed by atoms with van der Waals surface area (Å²) >= 11 is 6.01. The molecule has 0 saturated heterocycles. The second-order valence-electron chi connectivity index (χ2n) is 6.86. The molecule has 0 spiro atoms. The zero-order chi connectivity index (χ0) is 20.2. The van der Waals surface area contributed by atoms with Gasteiger partial charge in [-0.25, -0.2) is 0 Å². The van der Waals surface area contributed by atoms with Crippen molar-refractivity contribution >= 4 is 23.2 Å². The fraction of sp³-hybridized carbons (Fsp3) is 0.0833. The molecule has 4 rings (SSSR count). The quantitative estimate of drug-likeness (QED) is 0.458. The molecule has 0 unspecified atom stereocenters. The van der Waals surface area contributed by atoms with Crippen LogP contribution in [0.25, 0.3) is 11.1 Å². The van der Waals surface area contributed by atoms with Crippen molar-refractivity contribution in [3.05, 3.63) is 107 Å². The minimum Gasteiger partial charge on any atom is -0.322 e. The molecule has 3 aromatic carbocycles. The average molecular weight is 402 g/mol. The highest BCUT2D eigenvalue weighted by Crippen LogP contribution is 2.26. The van der Waals surface area contributed by atoms with Crippen LogP contribution in [0.1, 0.15) is 21.5 Å². The van der Waals surface area contributed by atoms with Gasteiger partial charge in [-0.15, -0.1) is 0 Å². The lowest BCUT2D eigenvalue weighted by atomic mass is 9.98. The smallest absolute Gasteiger partial charge is 0.256 e. The van der Waals surface area contributed by atoms with Gasteiger partial charge in [0.2, 0.25) is 0 Å². The van der Waals surface area contributed by atoms with Crippen LogP contribution in [0.5, 0.6) is 0 Å². The van der Waals surface area contributed by atoms with E-state index in [1.165, 1.54) is 0 Å². The van der Waals surface area contributed by atoms with Gasteiger partial charge in [-0.2, -0.15) is 5.10 Å². The molecular formula is C24H20ClN3O. The molecule has 1 amide bonds. The molecule has 1 N–H and O–H groups in total. The van der Waals surface area contributed by atoms with Crippen LogP contribution >= 0.6 is 11.6 Å². The minimum absolute atomic E-state index is 0.147. The fourth-order valence-electron chi connectivity index (χ4n) is 3.26. The third-order valence-electron chi connectivity index (χ3n) is 4.78. The Morgan fingerprint density at radius 1 is 1.03 bits per heavy atom. The van der Waals surface area contributed by atoms with Gasteiger partial charge in [0.25, 0.3) is 5.91 Å². The number of amides is 1. The maximum atomic E-state index is 13.0. The summed E-state index contributed by atoms with van der Waals surface area (Å²) in [6, 6.07) is 23.2. The van der Waals surface area contributed by atoms with Gasteiger partial charge in [0.05, 0.1) is 6.54 Å². The maximum absolute atomic E-state index is 13.0. The molecule has 5 heteroatoms. The third kappa shape index (κ3) is 4.39. The predicted molar refractivity (Wildman–Crippen MR) is 117 cm³/mol. The van der Waals surface area contributed by atoms with Crippen molar-refractivity contribution in [3.8, 4) is 11.1 Å². The molecule has 4 aromatic rings. The van der Waals surface area contributed by atoms with Crippen molar-refractivity contribution in [1.29, 1.82) is 0 Å². The Hall–Kier alpha value is -3.37. The van der Waals surface area contributed by atoms with E-state index in [0.29, 0.717) is 17.1 Å². The van der Waals surface area contributed by atoms with Crippen molar-refractivity contribution < 1.29 is 4.79 Å². The topological polar surface area (TPSA) is 46.9 Å². The summed E-state index contributed by atoms with van der Waals surface area (Å²) in [6.45, 7) is 2.64. The lowest BCUT2D eigenvalue weighted by Gasteiger charge is -2.13. The SMILES string of the molecule is Cc1cc(Cl)ccc1NC(=O)c1ccccc1-c1ccc(Cn2cccn2)cc1. The lowest BCUT2D eigenvalue weighted by Crippen LogP contribution is -2.14. The molecule has 4 nitrogen and oxygen atoms in total. The van der Waals surface area contributed by atoms with E-state index in [4.69, 9.17) is 11.6 Å². The van der Waals surface area contributed by atoms with Crippen LogP contribution in [0.2, 0.25) is 5.02 Å². The van der Waals surface area contributed by atoms with Crippen molar-refractivity contribution in [3.63, 3.8) is 0 Å². The molecule has 0 aliphatic heterocycles. The molecule has 0 radical (unpaired) electrons. The van der Waals surface area contributed by atoms with Gasteiger partial charge in [0.1, 0.15) is 0 Å². The van der Waals surface area contributed by atoms with E-state index in [2.05, 4.69) is 22.5 Å². The van der Waals surface area contributed by atoms with Crippen LogP contribution in [0.3, 0.4) is 0 Å². The number of aromatic nitrogens is 2. The highest BCUT2D eigenvalue weighted by atomic mass is 35.5. The first-order chi connectivity index (χ1) is 14.1. The van der Waals surface area contributed by atoms with Gasteiger partial charge in [0, 0.05) is 28.7 Å². The Bertz CT molecular complexity index is 1140. The number of nitrogens with zero attached hydrogens (tertiary/aromatic N) is 2. The molecular weight excluding hydrogens is 382 g/mol. The van der Waals surface area contributed by atoms with Crippen molar-refractivity contribution in [2.75, 3.05) is 5.32 Å². The number of carbonyl (C=O) groups is 1. The Morgan fingerprint density at radius 2 is 1.83 bits per heavy atom. The normalized spacial score (nSPS) is 10.7. The van der Waals surface area contributed by atoms with Crippen LogP contribution in [0.15, 0.2) is 85.2 Å². The van der Waals surface area contributed by atoms with Crippen LogP contribution in [-0.2, 0) is 6.54 Å². The summed E-state index contributed by atoms with van der Waals surface area (Å²) < 4.78 is 1.88. The molecule has 0 bridgehead atoms. The number of anilines is 1. The highest BCUT2D eigenvalue weighted by Gasteiger charge is 2.13. The number of rotatable bonds is 5. The van der Waals surface area contributed by atoms with Crippen LogP contribution in [-0.4, -0.2) is 15.7 Å². The van der Waals surface area contributed by atoms with E-state index in [-0.39, 0.29) is 5.91 Å². The number of hydrogen-bond donors (Lipinski definition) is 1. The van der Waals surface area contributed by atoms with Gasteiger partial charge >= 0.3 is 0 Å². The standard InChI is InChI=1S/C24H20ClN3O/c1-17-15-20(25)11-12-23(17)27-24(29)22-6-3-2-5-21(22)19-9-7-18(8-10-19)16-28-14-4-13-26-28/h2-15H,16H2,1H3,(H,27,29). The van der Waals surface area contributed by atoms with E-state index in [1.807, 2.05) is 72.4 Å². The number of hydrogen-bond acceptors (Lipinski definition) is 2. The third-order valence-corrected chi connectivity index (χ3v) is 5.01. The summed E-state index contributed by atoms with van der Waals surface area (Å²) in [4.78, 5) is 13.0. The van der Waals surface area contributed by atoms with Gasteiger partial charge < -0.3 is 5.32 Å². The van der Waals surface area contributed by atoms with Crippen molar-refractivity contribution in [2.45, 2.75) is 13.5 Å². The Balaban J connectivity index is 1.58. The fourth-order valence-corrected chi connectivity index (χ4v) is 3.49. The molecule has 144 valence electrons. The second kappa shape index (κ2) is 8.33. The van der Waals surface area contributed by atoms with E-state index in [0.717, 1.165) is 27.9 Å². The zero-order valence-electron chi connectivity index (χ0n) is 16.0. The van der Waals surface area contributed by atoms with E-state index < -0.39 is 0 Å². The van der Waals surface area contributed by atoms with Crippen molar-refractivity contribution in [1.82, 2.24) is 9.78 Å². The summed E-state index contributed by atoms with van der Waals surface area (Å²) in [5.41, 5.74) is 5.34. The number of aryl methyl sites for hydroxylation is 1. The lowest BCUT2D eigenvalue weighted by molar-refractivity contribution is 0.102. The molecule has 1 heterocycles. The van der Waals surface area contributed by atoms with E-state index in [9.17, 15) is 4.79 Å². The minimum atomic E-state index is -0.147. The van der Waals surface area contributed by atoms with Gasteiger partial charge in [-0.3, -0.25) is 9.48 Å². The Kier molecular flexibility index (Phi) is 5.45. The molecule has 0 atom stereocenters. The monoisotopic (exact) mass is 401 g/mol. The van der Waals surface area contributed by atoms with Gasteiger partial charge in [-0.1, -0.05) is 54.1 Å². The molecule has 0 aliphatic carbocycles. The van der Waals surface area contributed by atoms with Crippen LogP contribution in [0, 0.1) is 6.92 Å². The Morgan fingerprint density at radius 3 is 2.55 bits per heavy atom. The summed E-state index contributed by atoms with van der Waals surface area (Å²) in [5.74, 6) is -0.147. The summed E-state index contributed by atoms with van der Waals surface area (Å²) in [6.07, 6.45) is 3.71. The molecule has 29 heavy (non-hydrogen) atoms. The first kappa shape index (κ1) is 19.0. The summed E-state index contributed by atoms with van der Waals surface area (Å²) in [5, 5.41) is 7.88. The molecule has 0 aliphatic rings. The first-order valence-corrected chi connectivity index (χ1v) is 9.71. The van der Waals surface area contributed by atoms with Crippen molar-refractivity contribution in [2.24, 2.45) is 0 Å². The molecule has 1 aromatic heterocycles. The zero-order valence-corrected chi connectivity index (χ0v) is 16.7. The maximum Gasteiger partial charge on any atom is 0.256 e. The first-order valence-electron chi connectivity index (χ1n) is 9.33. The number of nitrogens with one attached hydrogen (secondary N) is 1.